The Kier molecular flexibility index (Phi) is 6.16. The molecule has 0 aliphatic heterocycles. The summed E-state index contributed by atoms with van der Waals surface area (Å²) in [7, 11) is 0. The van der Waals surface area contributed by atoms with Gasteiger partial charge < -0.3 is 5.32 Å². The standard InChI is InChI=1S/C14H22N4/c1-4-16-13-6-7-17-14(8-13)11-18(5-2)10-12(3)9-15/h6-8,12H,4-5,10-11H2,1-3H3,(H,16,17). The van der Waals surface area contributed by atoms with Gasteiger partial charge in [0.15, 0.2) is 0 Å². The molecule has 0 aliphatic rings. The first-order valence-electron chi connectivity index (χ1n) is 6.50. The minimum absolute atomic E-state index is 0.0573. The largest absolute Gasteiger partial charge is 0.385 e. The molecule has 0 bridgehead atoms. The van der Waals surface area contributed by atoms with Crippen LogP contribution in [0.25, 0.3) is 0 Å². The quantitative estimate of drug-likeness (QED) is 0.803. The third-order valence-electron chi connectivity index (χ3n) is 2.78. The summed E-state index contributed by atoms with van der Waals surface area (Å²) in [4.78, 5) is 6.62. The lowest BCUT2D eigenvalue weighted by molar-refractivity contribution is 0.257. The van der Waals surface area contributed by atoms with Gasteiger partial charge in [0.1, 0.15) is 0 Å². The van der Waals surface area contributed by atoms with Crippen LogP contribution >= 0.6 is 0 Å². The van der Waals surface area contributed by atoms with Crippen LogP contribution in [0.2, 0.25) is 0 Å². The molecule has 1 aromatic heterocycles. The van der Waals surface area contributed by atoms with Crippen LogP contribution < -0.4 is 5.32 Å². The van der Waals surface area contributed by atoms with E-state index in [4.69, 9.17) is 5.26 Å². The SMILES string of the molecule is CCNc1ccnc(CN(CC)CC(C)C#N)c1. The Bertz CT molecular complexity index is 397. The maximum Gasteiger partial charge on any atom is 0.0666 e. The van der Waals surface area contributed by atoms with Gasteiger partial charge in [0, 0.05) is 31.5 Å². The van der Waals surface area contributed by atoms with E-state index in [1.54, 1.807) is 0 Å². The summed E-state index contributed by atoms with van der Waals surface area (Å²) in [5.41, 5.74) is 2.15. The van der Waals surface area contributed by atoms with Gasteiger partial charge in [0.05, 0.1) is 17.7 Å². The molecule has 1 atom stereocenters. The molecular weight excluding hydrogens is 224 g/mol. The second-order valence-electron chi connectivity index (χ2n) is 4.42. The number of hydrogen-bond acceptors (Lipinski definition) is 4. The summed E-state index contributed by atoms with van der Waals surface area (Å²) >= 11 is 0. The molecule has 4 nitrogen and oxygen atoms in total. The Balaban J connectivity index is 2.64. The predicted octanol–water partition coefficient (Wildman–Crippen LogP) is 2.49. The number of nitrogens with one attached hydrogen (secondary N) is 1. The number of rotatable bonds is 7. The van der Waals surface area contributed by atoms with Crippen LogP contribution in [0.3, 0.4) is 0 Å². The van der Waals surface area contributed by atoms with E-state index in [-0.39, 0.29) is 5.92 Å². The Morgan fingerprint density at radius 2 is 2.28 bits per heavy atom. The highest BCUT2D eigenvalue weighted by Crippen LogP contribution is 2.10. The smallest absolute Gasteiger partial charge is 0.0666 e. The number of nitrogens with zero attached hydrogens (tertiary/aromatic N) is 3. The molecule has 0 saturated heterocycles. The highest BCUT2D eigenvalue weighted by molar-refractivity contribution is 5.42. The Labute approximate surface area is 110 Å². The summed E-state index contributed by atoms with van der Waals surface area (Å²) in [6, 6.07) is 6.32. The molecule has 1 aromatic rings. The third-order valence-corrected chi connectivity index (χ3v) is 2.78. The average Bonchev–Trinajstić information content (AvgIpc) is 2.38. The molecule has 1 N–H and O–H groups in total. The minimum Gasteiger partial charge on any atom is -0.385 e. The van der Waals surface area contributed by atoms with Gasteiger partial charge in [-0.1, -0.05) is 6.92 Å². The molecule has 0 radical (unpaired) electrons. The summed E-state index contributed by atoms with van der Waals surface area (Å²) in [5, 5.41) is 12.1. The molecule has 0 fully saturated rings. The molecule has 0 aliphatic carbocycles. The van der Waals surface area contributed by atoms with Crippen molar-refractivity contribution in [2.24, 2.45) is 5.92 Å². The number of aromatic nitrogens is 1. The zero-order valence-electron chi connectivity index (χ0n) is 11.5. The first-order chi connectivity index (χ1) is 8.69. The second kappa shape index (κ2) is 7.67. The lowest BCUT2D eigenvalue weighted by Gasteiger charge is -2.21. The van der Waals surface area contributed by atoms with E-state index in [9.17, 15) is 0 Å². The summed E-state index contributed by atoms with van der Waals surface area (Å²) in [6.45, 7) is 9.56. The van der Waals surface area contributed by atoms with Gasteiger partial charge in [-0.3, -0.25) is 9.88 Å². The molecule has 1 rings (SSSR count). The molecule has 1 unspecified atom stereocenters. The Morgan fingerprint density at radius 3 is 2.89 bits per heavy atom. The van der Waals surface area contributed by atoms with Crippen LogP contribution in [-0.2, 0) is 6.54 Å². The first-order valence-corrected chi connectivity index (χ1v) is 6.50. The summed E-state index contributed by atoms with van der Waals surface area (Å²) < 4.78 is 0. The van der Waals surface area contributed by atoms with Crippen molar-refractivity contribution in [1.82, 2.24) is 9.88 Å². The maximum atomic E-state index is 8.86. The summed E-state index contributed by atoms with van der Waals surface area (Å²) in [6.07, 6.45) is 1.83. The fourth-order valence-electron chi connectivity index (χ4n) is 1.84. The van der Waals surface area contributed by atoms with Gasteiger partial charge in [-0.05, 0) is 32.5 Å². The van der Waals surface area contributed by atoms with Crippen molar-refractivity contribution in [2.45, 2.75) is 27.3 Å². The fourth-order valence-corrected chi connectivity index (χ4v) is 1.84. The zero-order chi connectivity index (χ0) is 13.4. The monoisotopic (exact) mass is 246 g/mol. The zero-order valence-corrected chi connectivity index (χ0v) is 11.5. The molecule has 4 heteroatoms. The average molecular weight is 246 g/mol. The van der Waals surface area contributed by atoms with Crippen LogP contribution in [0.15, 0.2) is 18.3 Å². The molecule has 1 heterocycles. The Morgan fingerprint density at radius 1 is 1.50 bits per heavy atom. The van der Waals surface area contributed by atoms with E-state index < -0.39 is 0 Å². The van der Waals surface area contributed by atoms with Crippen molar-refractivity contribution in [3.63, 3.8) is 0 Å². The van der Waals surface area contributed by atoms with Gasteiger partial charge in [-0.15, -0.1) is 0 Å². The topological polar surface area (TPSA) is 52.0 Å². The van der Waals surface area contributed by atoms with E-state index >= 15 is 0 Å². The lowest BCUT2D eigenvalue weighted by Crippen LogP contribution is -2.28. The fraction of sp³-hybridized carbons (Fsp3) is 0.571. The number of nitriles is 1. The van der Waals surface area contributed by atoms with Gasteiger partial charge in [-0.2, -0.15) is 5.26 Å². The molecule has 0 aromatic carbocycles. The molecule has 98 valence electrons. The summed E-state index contributed by atoms with van der Waals surface area (Å²) in [5.74, 6) is 0.0573. The maximum absolute atomic E-state index is 8.86. The molecule has 0 saturated carbocycles. The number of hydrogen-bond donors (Lipinski definition) is 1. The van der Waals surface area contributed by atoms with Crippen LogP contribution in [0.1, 0.15) is 26.5 Å². The molecule has 0 spiro atoms. The van der Waals surface area contributed by atoms with E-state index in [1.165, 1.54) is 0 Å². The van der Waals surface area contributed by atoms with E-state index in [1.807, 2.05) is 19.2 Å². The van der Waals surface area contributed by atoms with Gasteiger partial charge in [0.25, 0.3) is 0 Å². The van der Waals surface area contributed by atoms with Crippen molar-refractivity contribution >= 4 is 5.69 Å². The first kappa shape index (κ1) is 14.5. The van der Waals surface area contributed by atoms with Crippen LogP contribution in [0, 0.1) is 17.2 Å². The highest BCUT2D eigenvalue weighted by Gasteiger charge is 2.09. The van der Waals surface area contributed by atoms with Crippen molar-refractivity contribution in [2.75, 3.05) is 25.0 Å². The van der Waals surface area contributed by atoms with Crippen LogP contribution in [-0.4, -0.2) is 29.5 Å². The molecule has 18 heavy (non-hydrogen) atoms. The molecular formula is C14H22N4. The Hall–Kier alpha value is -1.60. The van der Waals surface area contributed by atoms with E-state index in [0.29, 0.717) is 0 Å². The molecule has 0 amide bonds. The van der Waals surface area contributed by atoms with Gasteiger partial charge >= 0.3 is 0 Å². The van der Waals surface area contributed by atoms with Crippen molar-refractivity contribution < 1.29 is 0 Å². The van der Waals surface area contributed by atoms with Gasteiger partial charge in [0.2, 0.25) is 0 Å². The van der Waals surface area contributed by atoms with E-state index in [2.05, 4.69) is 41.2 Å². The van der Waals surface area contributed by atoms with Crippen molar-refractivity contribution in [3.05, 3.63) is 24.0 Å². The van der Waals surface area contributed by atoms with Crippen LogP contribution in [0.4, 0.5) is 5.69 Å². The number of anilines is 1. The highest BCUT2D eigenvalue weighted by atomic mass is 15.1. The predicted molar refractivity (Wildman–Crippen MR) is 74.1 cm³/mol. The van der Waals surface area contributed by atoms with Gasteiger partial charge in [-0.25, -0.2) is 0 Å². The van der Waals surface area contributed by atoms with E-state index in [0.717, 1.165) is 37.6 Å². The van der Waals surface area contributed by atoms with Crippen molar-refractivity contribution in [3.8, 4) is 6.07 Å². The van der Waals surface area contributed by atoms with Crippen molar-refractivity contribution in [1.29, 1.82) is 5.26 Å². The normalized spacial score (nSPS) is 12.2. The number of pyridine rings is 1. The second-order valence-corrected chi connectivity index (χ2v) is 4.42. The van der Waals surface area contributed by atoms with Crippen LogP contribution in [0.5, 0.6) is 0 Å². The minimum atomic E-state index is 0.0573. The third kappa shape index (κ3) is 4.72. The lowest BCUT2D eigenvalue weighted by atomic mass is 10.2.